The standard InChI is InChI=1S/C13H27.C6H6N.Sn/c1-4-7-10-13(11-8-5-2)12-9-6-3;1-6-3-2-4-7-5-6;/h4-12H2,1-3H3;2-3,5H,1H3;. The summed E-state index contributed by atoms with van der Waals surface area (Å²) in [5.41, 5.74) is 1.29. The van der Waals surface area contributed by atoms with Gasteiger partial charge >= 0.3 is 143 Å². The van der Waals surface area contributed by atoms with E-state index in [1.165, 1.54) is 67.1 Å². The zero-order valence-corrected chi connectivity index (χ0v) is 17.4. The van der Waals surface area contributed by atoms with Crippen LogP contribution in [0.3, 0.4) is 0 Å². The van der Waals surface area contributed by atoms with Gasteiger partial charge in [0.2, 0.25) is 0 Å². The third-order valence-corrected chi connectivity index (χ3v) is 9.56. The van der Waals surface area contributed by atoms with Crippen molar-refractivity contribution in [2.24, 2.45) is 0 Å². The van der Waals surface area contributed by atoms with Crippen molar-refractivity contribution in [2.45, 2.75) is 88.9 Å². The van der Waals surface area contributed by atoms with E-state index in [2.05, 4.69) is 46.0 Å². The summed E-state index contributed by atoms with van der Waals surface area (Å²) in [4.78, 5) is 4.76. The molecule has 21 heavy (non-hydrogen) atoms. The van der Waals surface area contributed by atoms with Crippen LogP contribution < -0.4 is 3.71 Å². The number of rotatable bonds is 11. The summed E-state index contributed by atoms with van der Waals surface area (Å²) >= 11 is -0.621. The molecule has 0 saturated carbocycles. The second-order valence-corrected chi connectivity index (χ2v) is 11.6. The molecule has 0 amide bonds. The van der Waals surface area contributed by atoms with Crippen molar-refractivity contribution < 1.29 is 0 Å². The molecule has 1 aromatic rings. The van der Waals surface area contributed by atoms with Gasteiger partial charge in [-0.3, -0.25) is 0 Å². The molecule has 118 valence electrons. The average molecular weight is 394 g/mol. The first-order chi connectivity index (χ1) is 10.2. The summed E-state index contributed by atoms with van der Waals surface area (Å²) in [6, 6.07) is 4.58. The second-order valence-electron chi connectivity index (χ2n) is 6.44. The summed E-state index contributed by atoms with van der Waals surface area (Å²) in [7, 11) is 0. The van der Waals surface area contributed by atoms with Crippen LogP contribution in [-0.4, -0.2) is 26.1 Å². The van der Waals surface area contributed by atoms with Crippen molar-refractivity contribution >= 4 is 24.9 Å². The number of hydrogen-bond acceptors (Lipinski definition) is 1. The molecule has 2 heteroatoms. The maximum absolute atomic E-state index is 4.76. The minimum absolute atomic E-state index is 0.621. The quantitative estimate of drug-likeness (QED) is 0.455. The van der Waals surface area contributed by atoms with Gasteiger partial charge < -0.3 is 0 Å². The van der Waals surface area contributed by atoms with Crippen LogP contribution in [0.15, 0.2) is 18.3 Å². The van der Waals surface area contributed by atoms with Gasteiger partial charge in [0.1, 0.15) is 0 Å². The Morgan fingerprint density at radius 3 is 1.81 bits per heavy atom. The Balaban J connectivity index is 2.85. The molecule has 0 saturated heterocycles. The SMILES string of the molecule is CCCC[C](CCCC)(CCCC)[Sn][c]1ccc(C)cn1. The fraction of sp³-hybridized carbons (Fsp3) is 0.737. The van der Waals surface area contributed by atoms with Crippen LogP contribution in [0.2, 0.25) is 3.43 Å². The number of aryl methyl sites for hydroxylation is 1. The van der Waals surface area contributed by atoms with Gasteiger partial charge in [0.25, 0.3) is 0 Å². The average Bonchev–Trinajstić information content (AvgIpc) is 2.51. The molecule has 1 heterocycles. The summed E-state index contributed by atoms with van der Waals surface area (Å²) in [5.74, 6) is 0. The van der Waals surface area contributed by atoms with Crippen molar-refractivity contribution in [2.75, 3.05) is 0 Å². The van der Waals surface area contributed by atoms with E-state index >= 15 is 0 Å². The zero-order valence-electron chi connectivity index (χ0n) is 14.5. The van der Waals surface area contributed by atoms with E-state index in [-0.39, 0.29) is 0 Å². The van der Waals surface area contributed by atoms with Crippen LogP contribution in [0.5, 0.6) is 0 Å². The number of pyridine rings is 1. The zero-order chi connectivity index (χ0) is 15.6. The van der Waals surface area contributed by atoms with Crippen LogP contribution in [-0.2, 0) is 0 Å². The Hall–Kier alpha value is -0.0513. The Morgan fingerprint density at radius 2 is 1.43 bits per heavy atom. The summed E-state index contributed by atoms with van der Waals surface area (Å²) in [6.45, 7) is 9.14. The Labute approximate surface area is 142 Å². The molecule has 1 nitrogen and oxygen atoms in total. The Bertz CT molecular complexity index is 350. The van der Waals surface area contributed by atoms with E-state index in [1.54, 1.807) is 0 Å². The van der Waals surface area contributed by atoms with Gasteiger partial charge in [0.05, 0.1) is 0 Å². The predicted molar refractivity (Wildman–Crippen MR) is 95.6 cm³/mol. The first kappa shape index (κ1) is 19.0. The summed E-state index contributed by atoms with van der Waals surface area (Å²) < 4.78 is 2.13. The van der Waals surface area contributed by atoms with Crippen molar-refractivity contribution in [3.8, 4) is 0 Å². The van der Waals surface area contributed by atoms with Gasteiger partial charge in [-0.1, -0.05) is 0 Å². The molecule has 0 aromatic carbocycles. The van der Waals surface area contributed by atoms with Crippen LogP contribution in [0, 0.1) is 6.92 Å². The van der Waals surface area contributed by atoms with Gasteiger partial charge in [-0.25, -0.2) is 0 Å². The molecule has 1 aromatic heterocycles. The summed E-state index contributed by atoms with van der Waals surface area (Å²) in [6.07, 6.45) is 14.6. The number of unbranched alkanes of at least 4 members (excludes halogenated alkanes) is 3. The fourth-order valence-electron chi connectivity index (χ4n) is 2.92. The van der Waals surface area contributed by atoms with E-state index in [4.69, 9.17) is 4.98 Å². The molecule has 0 bridgehead atoms. The van der Waals surface area contributed by atoms with Gasteiger partial charge in [0.15, 0.2) is 0 Å². The topological polar surface area (TPSA) is 12.9 Å². The number of nitrogens with zero attached hydrogens (tertiary/aromatic N) is 1. The number of aromatic nitrogens is 1. The third-order valence-electron chi connectivity index (χ3n) is 4.33. The molecule has 0 aliphatic heterocycles. The van der Waals surface area contributed by atoms with Gasteiger partial charge in [0, 0.05) is 0 Å². The molecule has 0 fully saturated rings. The Morgan fingerprint density at radius 1 is 0.905 bits per heavy atom. The molecule has 2 radical (unpaired) electrons. The van der Waals surface area contributed by atoms with Gasteiger partial charge in [-0.15, -0.1) is 0 Å². The van der Waals surface area contributed by atoms with Gasteiger partial charge in [-0.05, 0) is 0 Å². The predicted octanol–water partition coefficient (Wildman–Crippen LogP) is 5.45. The van der Waals surface area contributed by atoms with Crippen molar-refractivity contribution in [1.29, 1.82) is 0 Å². The number of hydrogen-bond donors (Lipinski definition) is 0. The molecular weight excluding hydrogens is 361 g/mol. The van der Waals surface area contributed by atoms with E-state index in [9.17, 15) is 0 Å². The van der Waals surface area contributed by atoms with Gasteiger partial charge in [-0.2, -0.15) is 0 Å². The molecule has 0 unspecified atom stereocenters. The van der Waals surface area contributed by atoms with Crippen molar-refractivity contribution in [3.63, 3.8) is 0 Å². The van der Waals surface area contributed by atoms with Crippen LogP contribution in [0.4, 0.5) is 0 Å². The second kappa shape index (κ2) is 10.6. The molecule has 0 N–H and O–H groups in total. The van der Waals surface area contributed by atoms with E-state index in [0.29, 0.717) is 3.43 Å². The van der Waals surface area contributed by atoms with Crippen LogP contribution >= 0.6 is 0 Å². The molecule has 0 spiro atoms. The maximum atomic E-state index is 4.76. The van der Waals surface area contributed by atoms with Crippen molar-refractivity contribution in [3.05, 3.63) is 23.9 Å². The van der Waals surface area contributed by atoms with E-state index in [1.807, 2.05) is 0 Å². The monoisotopic (exact) mass is 395 g/mol. The first-order valence-corrected chi connectivity index (χ1v) is 11.7. The molecule has 0 atom stereocenters. The molecular formula is C19H33NSn. The van der Waals surface area contributed by atoms with E-state index < -0.39 is 21.1 Å². The van der Waals surface area contributed by atoms with Crippen LogP contribution in [0.25, 0.3) is 0 Å². The molecule has 1 rings (SSSR count). The Kier molecular flexibility index (Phi) is 9.62. The fourth-order valence-corrected chi connectivity index (χ4v) is 7.90. The third kappa shape index (κ3) is 7.17. The van der Waals surface area contributed by atoms with Crippen molar-refractivity contribution in [1.82, 2.24) is 4.98 Å². The van der Waals surface area contributed by atoms with Crippen LogP contribution in [0.1, 0.15) is 84.1 Å². The molecule has 0 aliphatic rings. The first-order valence-electron chi connectivity index (χ1n) is 8.86. The summed E-state index contributed by atoms with van der Waals surface area (Å²) in [5, 5.41) is 0. The normalized spacial score (nSPS) is 11.8. The van der Waals surface area contributed by atoms with E-state index in [0.717, 1.165) is 0 Å². The molecule has 0 aliphatic carbocycles. The minimum atomic E-state index is -0.621.